The molecule has 3 heterocycles. The maximum atomic E-state index is 11.0. The molecular formula is C13H15N7O. The summed E-state index contributed by atoms with van der Waals surface area (Å²) >= 11 is 0. The van der Waals surface area contributed by atoms with Crippen LogP contribution in [0.1, 0.15) is 0 Å². The standard InChI is InChI=1S/C7H5N3O.C6H10N4/c11-7-3-5-8-6-2-1-4-9-10(6)7;7-3-5-10-6(8)2-1-4-9-10/h1-5H;1-2,4,8H,3,5,7H2. The molecule has 0 aromatic carbocycles. The maximum absolute atomic E-state index is 11.0. The zero-order valence-corrected chi connectivity index (χ0v) is 11.3. The van der Waals surface area contributed by atoms with Crippen molar-refractivity contribution in [1.29, 1.82) is 5.41 Å². The first-order valence-electron chi connectivity index (χ1n) is 6.28. The number of hydrogen-bond donors (Lipinski definition) is 2. The molecule has 0 spiro atoms. The van der Waals surface area contributed by atoms with Crippen molar-refractivity contribution in [2.24, 2.45) is 5.73 Å². The van der Waals surface area contributed by atoms with E-state index in [9.17, 15) is 4.79 Å². The van der Waals surface area contributed by atoms with E-state index in [0.717, 1.165) is 0 Å². The second-order valence-electron chi connectivity index (χ2n) is 4.00. The van der Waals surface area contributed by atoms with E-state index in [0.29, 0.717) is 24.2 Å². The molecule has 3 aromatic rings. The van der Waals surface area contributed by atoms with Crippen LogP contribution < -0.4 is 16.8 Å². The highest BCUT2D eigenvalue weighted by Gasteiger charge is 1.92. The fourth-order valence-electron chi connectivity index (χ4n) is 1.58. The lowest BCUT2D eigenvalue weighted by Gasteiger charge is -1.99. The first-order valence-corrected chi connectivity index (χ1v) is 6.28. The van der Waals surface area contributed by atoms with Crippen LogP contribution in [0, 0.1) is 5.41 Å². The summed E-state index contributed by atoms with van der Waals surface area (Å²) in [4.78, 5) is 15.0. The topological polar surface area (TPSA) is 115 Å². The number of rotatable bonds is 2. The summed E-state index contributed by atoms with van der Waals surface area (Å²) in [5, 5.41) is 15.1. The summed E-state index contributed by atoms with van der Waals surface area (Å²) in [5.41, 5.74) is 6.09. The highest BCUT2D eigenvalue weighted by atomic mass is 16.1. The van der Waals surface area contributed by atoms with Gasteiger partial charge in [-0.05, 0) is 24.3 Å². The first kappa shape index (κ1) is 14.5. The van der Waals surface area contributed by atoms with E-state index in [1.807, 2.05) is 0 Å². The van der Waals surface area contributed by atoms with Gasteiger partial charge < -0.3 is 5.73 Å². The molecule has 0 amide bonds. The van der Waals surface area contributed by atoms with Gasteiger partial charge in [0.2, 0.25) is 0 Å². The van der Waals surface area contributed by atoms with Crippen LogP contribution in [0.25, 0.3) is 5.65 Å². The summed E-state index contributed by atoms with van der Waals surface area (Å²) in [6.07, 6.45) is 4.67. The predicted octanol–water partition coefficient (Wildman–Crippen LogP) is -0.589. The van der Waals surface area contributed by atoms with Crippen LogP contribution in [0.15, 0.2) is 53.7 Å². The van der Waals surface area contributed by atoms with Gasteiger partial charge in [-0.25, -0.2) is 9.67 Å². The van der Waals surface area contributed by atoms with E-state index in [4.69, 9.17) is 11.1 Å². The van der Waals surface area contributed by atoms with Gasteiger partial charge in [0, 0.05) is 31.2 Å². The van der Waals surface area contributed by atoms with Gasteiger partial charge in [-0.1, -0.05) is 0 Å². The minimum Gasteiger partial charge on any atom is -0.329 e. The second kappa shape index (κ2) is 7.06. The monoisotopic (exact) mass is 285 g/mol. The molecule has 0 aliphatic carbocycles. The Morgan fingerprint density at radius 3 is 2.57 bits per heavy atom. The van der Waals surface area contributed by atoms with Gasteiger partial charge >= 0.3 is 0 Å². The molecule has 8 nitrogen and oxygen atoms in total. The number of nitrogens with zero attached hydrogens (tertiary/aromatic N) is 5. The van der Waals surface area contributed by atoms with Crippen LogP contribution in [0.5, 0.6) is 0 Å². The minimum absolute atomic E-state index is 0.157. The molecule has 0 atom stereocenters. The summed E-state index contributed by atoms with van der Waals surface area (Å²) < 4.78 is 2.81. The molecule has 0 bridgehead atoms. The number of aromatic nitrogens is 5. The van der Waals surface area contributed by atoms with Gasteiger partial charge in [0.15, 0.2) is 5.65 Å². The van der Waals surface area contributed by atoms with Gasteiger partial charge in [0.1, 0.15) is 5.49 Å². The molecule has 21 heavy (non-hydrogen) atoms. The highest BCUT2D eigenvalue weighted by Crippen LogP contribution is 1.88. The fourth-order valence-corrected chi connectivity index (χ4v) is 1.58. The molecule has 0 saturated carbocycles. The second-order valence-corrected chi connectivity index (χ2v) is 4.00. The van der Waals surface area contributed by atoms with E-state index >= 15 is 0 Å². The smallest absolute Gasteiger partial charge is 0.274 e. The summed E-state index contributed by atoms with van der Waals surface area (Å²) in [7, 11) is 0. The van der Waals surface area contributed by atoms with Crippen LogP contribution in [-0.4, -0.2) is 30.9 Å². The Kier molecular flexibility index (Phi) is 4.89. The van der Waals surface area contributed by atoms with Gasteiger partial charge in [-0.3, -0.25) is 10.2 Å². The lowest BCUT2D eigenvalue weighted by Crippen LogP contribution is -2.25. The highest BCUT2D eigenvalue weighted by molar-refractivity contribution is 5.33. The Hall–Kier alpha value is -2.87. The molecule has 0 aliphatic heterocycles. The van der Waals surface area contributed by atoms with Crippen molar-refractivity contribution in [3.05, 3.63) is 64.8 Å². The van der Waals surface area contributed by atoms with E-state index in [1.165, 1.54) is 16.8 Å². The van der Waals surface area contributed by atoms with Crippen LogP contribution >= 0.6 is 0 Å². The quantitative estimate of drug-likeness (QED) is 0.653. The Labute approximate surface area is 120 Å². The number of fused-ring (bicyclic) bond motifs is 1. The largest absolute Gasteiger partial charge is 0.329 e. The van der Waals surface area contributed by atoms with Gasteiger partial charge in [-0.2, -0.15) is 14.7 Å². The molecule has 108 valence electrons. The number of hydrogen-bond acceptors (Lipinski definition) is 6. The van der Waals surface area contributed by atoms with Crippen molar-refractivity contribution in [2.45, 2.75) is 6.54 Å². The number of nitrogens with two attached hydrogens (primary N) is 1. The SMILES string of the molecule is N=c1cccnn1CCN.O=c1ccnc2cccnn12. The molecule has 3 rings (SSSR count). The van der Waals surface area contributed by atoms with Gasteiger partial charge in [0.25, 0.3) is 5.56 Å². The Morgan fingerprint density at radius 1 is 1.10 bits per heavy atom. The zero-order chi connectivity index (χ0) is 15.1. The summed E-state index contributed by atoms with van der Waals surface area (Å²) in [6.45, 7) is 1.13. The summed E-state index contributed by atoms with van der Waals surface area (Å²) in [5.74, 6) is 0. The van der Waals surface area contributed by atoms with Crippen LogP contribution in [0.2, 0.25) is 0 Å². The van der Waals surface area contributed by atoms with Crippen molar-refractivity contribution in [3.8, 4) is 0 Å². The van der Waals surface area contributed by atoms with Crippen molar-refractivity contribution >= 4 is 5.65 Å². The van der Waals surface area contributed by atoms with Crippen LogP contribution in [-0.2, 0) is 6.54 Å². The van der Waals surface area contributed by atoms with Crippen LogP contribution in [0.3, 0.4) is 0 Å². The lowest BCUT2D eigenvalue weighted by molar-refractivity contribution is 0.571. The van der Waals surface area contributed by atoms with E-state index < -0.39 is 0 Å². The molecule has 0 unspecified atom stereocenters. The van der Waals surface area contributed by atoms with E-state index in [2.05, 4.69) is 15.2 Å². The van der Waals surface area contributed by atoms with Crippen molar-refractivity contribution in [1.82, 2.24) is 24.4 Å². The Bertz CT molecular complexity index is 819. The number of nitrogens with one attached hydrogen (secondary N) is 1. The molecule has 0 radical (unpaired) electrons. The molecule has 0 saturated heterocycles. The fraction of sp³-hybridized carbons (Fsp3) is 0.154. The third-order valence-corrected chi connectivity index (χ3v) is 2.53. The first-order chi connectivity index (χ1) is 10.2. The predicted molar refractivity (Wildman–Crippen MR) is 76.4 cm³/mol. The lowest BCUT2D eigenvalue weighted by atomic mass is 10.5. The average Bonchev–Trinajstić information content (AvgIpc) is 2.51. The van der Waals surface area contributed by atoms with Gasteiger partial charge in [-0.15, -0.1) is 0 Å². The molecule has 0 fully saturated rings. The minimum atomic E-state index is -0.157. The summed E-state index contributed by atoms with van der Waals surface area (Å²) in [6, 6.07) is 8.26. The third kappa shape index (κ3) is 3.80. The zero-order valence-electron chi connectivity index (χ0n) is 11.3. The van der Waals surface area contributed by atoms with Crippen LogP contribution in [0.4, 0.5) is 0 Å². The van der Waals surface area contributed by atoms with E-state index in [1.54, 1.807) is 41.3 Å². The molecule has 3 N–H and O–H groups in total. The van der Waals surface area contributed by atoms with Crippen molar-refractivity contribution in [3.63, 3.8) is 0 Å². The third-order valence-electron chi connectivity index (χ3n) is 2.53. The van der Waals surface area contributed by atoms with Gasteiger partial charge in [0.05, 0.1) is 6.54 Å². The van der Waals surface area contributed by atoms with Crippen molar-refractivity contribution in [2.75, 3.05) is 6.54 Å². The Balaban J connectivity index is 0.000000155. The molecule has 3 aromatic heterocycles. The van der Waals surface area contributed by atoms with E-state index in [-0.39, 0.29) is 5.56 Å². The Morgan fingerprint density at radius 2 is 1.86 bits per heavy atom. The normalized spacial score (nSPS) is 9.95. The average molecular weight is 285 g/mol. The molecule has 8 heteroatoms. The van der Waals surface area contributed by atoms with Crippen molar-refractivity contribution < 1.29 is 0 Å². The maximum Gasteiger partial charge on any atom is 0.274 e. The molecular weight excluding hydrogens is 270 g/mol. The molecule has 0 aliphatic rings.